The van der Waals surface area contributed by atoms with Gasteiger partial charge in [-0.3, -0.25) is 0 Å². The molecule has 0 radical (unpaired) electrons. The van der Waals surface area contributed by atoms with Gasteiger partial charge < -0.3 is 0 Å². The van der Waals surface area contributed by atoms with E-state index in [0.717, 1.165) is 21.5 Å². The molecule has 5 nitrogen and oxygen atoms in total. The third-order valence-electron chi connectivity index (χ3n) is 4.99. The summed E-state index contributed by atoms with van der Waals surface area (Å²) in [6.45, 7) is 0. The maximum absolute atomic E-state index is 12.8. The second kappa shape index (κ2) is 6.25. The van der Waals surface area contributed by atoms with E-state index in [4.69, 9.17) is 0 Å². The largest absolute Gasteiger partial charge is 0.255 e. The summed E-state index contributed by atoms with van der Waals surface area (Å²) >= 11 is 0. The van der Waals surface area contributed by atoms with Crippen molar-refractivity contribution >= 4 is 51.4 Å². The quantitative estimate of drug-likeness (QED) is 0.529. The average molecular weight is 421 g/mol. The van der Waals surface area contributed by atoms with E-state index in [9.17, 15) is 16.8 Å². The van der Waals surface area contributed by atoms with E-state index in [0.29, 0.717) is 11.1 Å². The van der Waals surface area contributed by atoms with Gasteiger partial charge in [0.1, 0.15) is 9.81 Å². The zero-order valence-electron chi connectivity index (χ0n) is 15.0. The van der Waals surface area contributed by atoms with Gasteiger partial charge in [-0.25, -0.2) is 16.8 Å². The van der Waals surface area contributed by atoms with Gasteiger partial charge in [-0.2, -0.15) is 0 Å². The third-order valence-corrected chi connectivity index (χ3v) is 8.83. The van der Waals surface area contributed by atoms with Gasteiger partial charge in [-0.15, -0.1) is 4.13 Å². The van der Waals surface area contributed by atoms with Crippen molar-refractivity contribution in [3.63, 3.8) is 0 Å². The SMILES string of the molecule is O=S1(=O)NS(=O)(=O)C(c2ccc3ccccc3c2)=C1c1ccc2ccccc2c1. The maximum atomic E-state index is 12.8. The molecule has 4 aromatic carbocycles. The van der Waals surface area contributed by atoms with Gasteiger partial charge in [0.25, 0.3) is 20.0 Å². The van der Waals surface area contributed by atoms with E-state index >= 15 is 0 Å². The Morgan fingerprint density at radius 2 is 0.862 bits per heavy atom. The highest BCUT2D eigenvalue weighted by Crippen LogP contribution is 2.40. The Bertz CT molecular complexity index is 1440. The van der Waals surface area contributed by atoms with Crippen LogP contribution in [0.25, 0.3) is 31.4 Å². The van der Waals surface area contributed by atoms with Crippen molar-refractivity contribution < 1.29 is 16.8 Å². The van der Waals surface area contributed by atoms with Gasteiger partial charge in [0.05, 0.1) is 0 Å². The lowest BCUT2D eigenvalue weighted by Gasteiger charge is -2.08. The summed E-state index contributed by atoms with van der Waals surface area (Å²) in [5.41, 5.74) is 0.667. The van der Waals surface area contributed by atoms with Gasteiger partial charge in [0.2, 0.25) is 0 Å². The zero-order chi connectivity index (χ0) is 20.2. The summed E-state index contributed by atoms with van der Waals surface area (Å²) in [6, 6.07) is 25.3. The van der Waals surface area contributed by atoms with E-state index < -0.39 is 20.0 Å². The lowest BCUT2D eigenvalue weighted by Crippen LogP contribution is -2.23. The summed E-state index contributed by atoms with van der Waals surface area (Å²) in [7, 11) is -8.45. The highest BCUT2D eigenvalue weighted by atomic mass is 32.3. The molecule has 1 heterocycles. The molecule has 4 aromatic rings. The van der Waals surface area contributed by atoms with E-state index in [1.807, 2.05) is 52.7 Å². The molecule has 0 amide bonds. The first-order valence-corrected chi connectivity index (χ1v) is 11.8. The first-order chi connectivity index (χ1) is 13.9. The minimum atomic E-state index is -4.23. The summed E-state index contributed by atoms with van der Waals surface area (Å²) in [6.07, 6.45) is 0. The van der Waals surface area contributed by atoms with Crippen molar-refractivity contribution in [3.8, 4) is 0 Å². The Morgan fingerprint density at radius 3 is 1.28 bits per heavy atom. The van der Waals surface area contributed by atoms with Gasteiger partial charge in [-0.1, -0.05) is 72.8 Å². The molecule has 0 bridgehead atoms. The Morgan fingerprint density at radius 1 is 0.483 bits per heavy atom. The van der Waals surface area contributed by atoms with E-state index in [1.54, 1.807) is 36.4 Å². The fourth-order valence-corrected chi connectivity index (χ4v) is 7.78. The van der Waals surface area contributed by atoms with Gasteiger partial charge in [-0.05, 0) is 44.8 Å². The van der Waals surface area contributed by atoms with Crippen LogP contribution < -0.4 is 4.13 Å². The van der Waals surface area contributed by atoms with Crippen LogP contribution in [0, 0.1) is 0 Å². The monoisotopic (exact) mass is 421 g/mol. The smallest absolute Gasteiger partial charge is 0.206 e. The Balaban J connectivity index is 1.85. The second-order valence-electron chi connectivity index (χ2n) is 6.87. The van der Waals surface area contributed by atoms with Gasteiger partial charge >= 0.3 is 0 Å². The van der Waals surface area contributed by atoms with Gasteiger partial charge in [0, 0.05) is 0 Å². The van der Waals surface area contributed by atoms with Crippen molar-refractivity contribution in [1.29, 1.82) is 0 Å². The number of sulfonamides is 2. The third kappa shape index (κ3) is 2.95. The van der Waals surface area contributed by atoms with Crippen molar-refractivity contribution in [2.75, 3.05) is 0 Å². The summed E-state index contributed by atoms with van der Waals surface area (Å²) < 4.78 is 53.1. The predicted octanol–water partition coefficient (Wildman–Crippen LogP) is 4.08. The minimum Gasteiger partial charge on any atom is -0.206 e. The molecule has 1 N–H and O–H groups in total. The molecular formula is C22H15NO4S2. The summed E-state index contributed by atoms with van der Waals surface area (Å²) in [4.78, 5) is -0.447. The number of rotatable bonds is 2. The Labute approximate surface area is 168 Å². The van der Waals surface area contributed by atoms with Crippen LogP contribution in [-0.4, -0.2) is 16.8 Å². The molecule has 0 saturated carbocycles. The van der Waals surface area contributed by atoms with Crippen molar-refractivity contribution in [1.82, 2.24) is 4.13 Å². The van der Waals surface area contributed by atoms with Crippen LogP contribution in [-0.2, 0) is 20.0 Å². The fraction of sp³-hybridized carbons (Fsp3) is 0. The molecule has 7 heteroatoms. The lowest BCUT2D eigenvalue weighted by atomic mass is 10.0. The molecule has 1 aliphatic heterocycles. The molecule has 5 rings (SSSR count). The highest BCUT2D eigenvalue weighted by molar-refractivity contribution is 8.18. The molecule has 0 aliphatic carbocycles. The van der Waals surface area contributed by atoms with Crippen LogP contribution >= 0.6 is 0 Å². The molecule has 0 saturated heterocycles. The molecule has 0 unspecified atom stereocenters. The first kappa shape index (κ1) is 18.1. The Hall–Kier alpha value is -3.00. The van der Waals surface area contributed by atoms with E-state index in [1.165, 1.54) is 0 Å². The maximum Gasteiger partial charge on any atom is 0.255 e. The average Bonchev–Trinajstić information content (AvgIpc) is 2.90. The standard InChI is InChI=1S/C22H15NO4S2/c24-28(25)21(19-11-9-15-5-1-3-7-17(15)13-19)22(29(26,27)23-28)20-12-10-16-6-2-4-8-18(16)14-20/h1-14,23H. The second-order valence-corrected chi connectivity index (χ2v) is 10.4. The fourth-order valence-electron chi connectivity index (χ4n) is 3.71. The minimum absolute atomic E-state index is 0.224. The zero-order valence-corrected chi connectivity index (χ0v) is 16.7. The van der Waals surface area contributed by atoms with Crippen LogP contribution in [0.5, 0.6) is 0 Å². The topological polar surface area (TPSA) is 80.3 Å². The van der Waals surface area contributed by atoms with Gasteiger partial charge in [0.15, 0.2) is 0 Å². The molecule has 144 valence electrons. The number of benzene rings is 4. The number of fused-ring (bicyclic) bond motifs is 2. The van der Waals surface area contributed by atoms with Crippen LogP contribution in [0.4, 0.5) is 0 Å². The molecule has 0 atom stereocenters. The van der Waals surface area contributed by atoms with Crippen molar-refractivity contribution in [2.45, 2.75) is 0 Å². The molecule has 0 aromatic heterocycles. The Kier molecular flexibility index (Phi) is 3.89. The highest BCUT2D eigenvalue weighted by Gasteiger charge is 2.42. The predicted molar refractivity (Wildman–Crippen MR) is 116 cm³/mol. The molecule has 0 fully saturated rings. The van der Waals surface area contributed by atoms with E-state index in [-0.39, 0.29) is 9.81 Å². The van der Waals surface area contributed by atoms with Crippen LogP contribution in [0.3, 0.4) is 0 Å². The molecule has 29 heavy (non-hydrogen) atoms. The van der Waals surface area contributed by atoms with Crippen LogP contribution in [0.1, 0.15) is 11.1 Å². The van der Waals surface area contributed by atoms with Crippen molar-refractivity contribution in [3.05, 3.63) is 96.1 Å². The van der Waals surface area contributed by atoms with Crippen molar-refractivity contribution in [2.24, 2.45) is 0 Å². The van der Waals surface area contributed by atoms with Crippen LogP contribution in [0.15, 0.2) is 84.9 Å². The first-order valence-electron chi connectivity index (χ1n) is 8.86. The summed E-state index contributed by atoms with van der Waals surface area (Å²) in [5, 5.41) is 3.54. The number of nitrogens with one attached hydrogen (secondary N) is 1. The number of hydrogen-bond donors (Lipinski definition) is 1. The normalized spacial score (nSPS) is 17.8. The molecule has 0 spiro atoms. The molecule has 1 aliphatic rings. The summed E-state index contributed by atoms with van der Waals surface area (Å²) in [5.74, 6) is 0. The lowest BCUT2D eigenvalue weighted by molar-refractivity contribution is 0.591. The van der Waals surface area contributed by atoms with Crippen LogP contribution in [0.2, 0.25) is 0 Å². The number of hydrogen-bond acceptors (Lipinski definition) is 4. The molecular weight excluding hydrogens is 406 g/mol. The van der Waals surface area contributed by atoms with E-state index in [2.05, 4.69) is 0 Å².